The van der Waals surface area contributed by atoms with E-state index in [9.17, 15) is 9.59 Å². The number of hydrogen-bond acceptors (Lipinski definition) is 7. The molecule has 34 heavy (non-hydrogen) atoms. The van der Waals surface area contributed by atoms with Crippen LogP contribution in [0.25, 0.3) is 0 Å². The molecule has 0 fully saturated rings. The number of rotatable bonds is 11. The summed E-state index contributed by atoms with van der Waals surface area (Å²) in [4.78, 5) is 24.9. The van der Waals surface area contributed by atoms with E-state index in [1.54, 1.807) is 18.2 Å². The molecule has 0 spiro atoms. The molecule has 1 aromatic heterocycles. The van der Waals surface area contributed by atoms with Gasteiger partial charge in [-0.1, -0.05) is 30.8 Å². The SMILES string of the molecule is CCc1ccc(NC(=O)CSc2nnc(CNC(=O)c3ccc(OC)c(OC)c3)n2CC)cc1. The summed E-state index contributed by atoms with van der Waals surface area (Å²) in [7, 11) is 3.06. The molecule has 0 atom stereocenters. The van der Waals surface area contributed by atoms with Crippen LogP contribution >= 0.6 is 11.8 Å². The van der Waals surface area contributed by atoms with Gasteiger partial charge in [-0.25, -0.2) is 0 Å². The Morgan fingerprint density at radius 1 is 1.00 bits per heavy atom. The van der Waals surface area contributed by atoms with Crippen molar-refractivity contribution in [2.24, 2.45) is 0 Å². The molecular formula is C24H29N5O4S. The van der Waals surface area contributed by atoms with Crippen LogP contribution in [0.3, 0.4) is 0 Å². The first-order valence-corrected chi connectivity index (χ1v) is 11.9. The van der Waals surface area contributed by atoms with Crippen molar-refractivity contribution in [1.82, 2.24) is 20.1 Å². The molecule has 180 valence electrons. The lowest BCUT2D eigenvalue weighted by Crippen LogP contribution is -2.25. The van der Waals surface area contributed by atoms with Crippen LogP contribution in [0.2, 0.25) is 0 Å². The Labute approximate surface area is 203 Å². The van der Waals surface area contributed by atoms with Crippen LogP contribution in [-0.2, 0) is 24.3 Å². The fourth-order valence-electron chi connectivity index (χ4n) is 3.26. The van der Waals surface area contributed by atoms with Crippen molar-refractivity contribution in [2.75, 3.05) is 25.3 Å². The Kier molecular flexibility index (Phi) is 8.92. The number of benzene rings is 2. The van der Waals surface area contributed by atoms with Crippen molar-refractivity contribution < 1.29 is 19.1 Å². The van der Waals surface area contributed by atoms with E-state index >= 15 is 0 Å². The maximum Gasteiger partial charge on any atom is 0.251 e. The highest BCUT2D eigenvalue weighted by Crippen LogP contribution is 2.27. The number of nitrogens with one attached hydrogen (secondary N) is 2. The largest absolute Gasteiger partial charge is 0.493 e. The number of nitrogens with zero attached hydrogens (tertiary/aromatic N) is 3. The van der Waals surface area contributed by atoms with E-state index < -0.39 is 0 Å². The van der Waals surface area contributed by atoms with Gasteiger partial charge in [-0.15, -0.1) is 10.2 Å². The number of hydrogen-bond donors (Lipinski definition) is 2. The summed E-state index contributed by atoms with van der Waals surface area (Å²) in [6.07, 6.45) is 0.952. The first kappa shape index (κ1) is 25.1. The highest BCUT2D eigenvalue weighted by atomic mass is 32.2. The van der Waals surface area contributed by atoms with E-state index in [0.717, 1.165) is 12.1 Å². The minimum atomic E-state index is -0.269. The molecule has 1 heterocycles. The summed E-state index contributed by atoms with van der Waals surface area (Å²) in [5, 5.41) is 14.8. The number of carbonyl (C=O) groups is 2. The van der Waals surface area contributed by atoms with E-state index in [1.165, 1.54) is 31.5 Å². The summed E-state index contributed by atoms with van der Waals surface area (Å²) < 4.78 is 12.3. The summed E-state index contributed by atoms with van der Waals surface area (Å²) >= 11 is 1.30. The molecule has 0 aliphatic heterocycles. The highest BCUT2D eigenvalue weighted by molar-refractivity contribution is 7.99. The second-order valence-corrected chi connectivity index (χ2v) is 8.23. The summed E-state index contributed by atoms with van der Waals surface area (Å²) in [6, 6.07) is 12.8. The molecule has 9 nitrogen and oxygen atoms in total. The third-order valence-electron chi connectivity index (χ3n) is 5.14. The normalized spacial score (nSPS) is 10.6. The first-order chi connectivity index (χ1) is 16.5. The topological polar surface area (TPSA) is 107 Å². The Bertz CT molecular complexity index is 1130. The molecule has 0 aliphatic carbocycles. The van der Waals surface area contributed by atoms with E-state index in [1.807, 2.05) is 35.8 Å². The van der Waals surface area contributed by atoms with Crippen LogP contribution < -0.4 is 20.1 Å². The molecule has 0 bridgehead atoms. The van der Waals surface area contributed by atoms with Crippen molar-refractivity contribution in [3.05, 3.63) is 59.4 Å². The average Bonchev–Trinajstić information content (AvgIpc) is 3.27. The van der Waals surface area contributed by atoms with E-state index in [4.69, 9.17) is 9.47 Å². The maximum atomic E-state index is 12.6. The predicted molar refractivity (Wildman–Crippen MR) is 132 cm³/mol. The Balaban J connectivity index is 1.57. The molecule has 3 aromatic rings. The summed E-state index contributed by atoms with van der Waals surface area (Å²) in [5.41, 5.74) is 2.42. The fourth-order valence-corrected chi connectivity index (χ4v) is 4.09. The van der Waals surface area contributed by atoms with Gasteiger partial charge < -0.3 is 24.7 Å². The van der Waals surface area contributed by atoms with Gasteiger partial charge in [0, 0.05) is 17.8 Å². The number of aryl methyl sites for hydroxylation is 1. The molecule has 3 rings (SSSR count). The monoisotopic (exact) mass is 483 g/mol. The number of methoxy groups -OCH3 is 2. The maximum absolute atomic E-state index is 12.6. The molecule has 0 saturated heterocycles. The molecular weight excluding hydrogens is 454 g/mol. The Morgan fingerprint density at radius 2 is 1.74 bits per heavy atom. The summed E-state index contributed by atoms with van der Waals surface area (Å²) in [6.45, 7) is 4.86. The van der Waals surface area contributed by atoms with Gasteiger partial charge in [0.2, 0.25) is 5.91 Å². The van der Waals surface area contributed by atoms with Crippen molar-refractivity contribution >= 4 is 29.3 Å². The van der Waals surface area contributed by atoms with E-state index in [-0.39, 0.29) is 24.1 Å². The number of ether oxygens (including phenoxy) is 2. The van der Waals surface area contributed by atoms with Gasteiger partial charge in [0.05, 0.1) is 26.5 Å². The third kappa shape index (κ3) is 6.28. The lowest BCUT2D eigenvalue weighted by atomic mass is 10.1. The van der Waals surface area contributed by atoms with Crippen molar-refractivity contribution in [3.63, 3.8) is 0 Å². The third-order valence-corrected chi connectivity index (χ3v) is 6.11. The molecule has 2 N–H and O–H groups in total. The minimum Gasteiger partial charge on any atom is -0.493 e. The van der Waals surface area contributed by atoms with E-state index in [2.05, 4.69) is 27.8 Å². The zero-order chi connectivity index (χ0) is 24.5. The molecule has 0 radical (unpaired) electrons. The van der Waals surface area contributed by atoms with Gasteiger partial charge in [-0.3, -0.25) is 9.59 Å². The van der Waals surface area contributed by atoms with Gasteiger partial charge in [0.25, 0.3) is 5.91 Å². The standard InChI is InChI=1S/C24H29N5O4S/c1-5-16-7-10-18(11-8-16)26-22(30)15-34-24-28-27-21(29(24)6-2)14-25-23(31)17-9-12-19(32-3)20(13-17)33-4/h7-13H,5-6,14-15H2,1-4H3,(H,25,31)(H,26,30). The zero-order valence-corrected chi connectivity index (χ0v) is 20.6. The Hall–Kier alpha value is -3.53. The molecule has 10 heteroatoms. The quantitative estimate of drug-likeness (QED) is 0.402. The fraction of sp³-hybridized carbons (Fsp3) is 0.333. The van der Waals surface area contributed by atoms with Crippen molar-refractivity contribution in [2.45, 2.75) is 38.5 Å². The van der Waals surface area contributed by atoms with Crippen molar-refractivity contribution in [3.8, 4) is 11.5 Å². The smallest absolute Gasteiger partial charge is 0.251 e. The lowest BCUT2D eigenvalue weighted by molar-refractivity contribution is -0.113. The predicted octanol–water partition coefficient (Wildman–Crippen LogP) is 3.54. The van der Waals surface area contributed by atoms with Gasteiger partial charge in [-0.05, 0) is 49.2 Å². The van der Waals surface area contributed by atoms with Gasteiger partial charge in [-0.2, -0.15) is 0 Å². The molecule has 0 unspecified atom stereocenters. The minimum absolute atomic E-state index is 0.122. The van der Waals surface area contributed by atoms with Gasteiger partial charge in [0.15, 0.2) is 22.5 Å². The summed E-state index contributed by atoms with van der Waals surface area (Å²) in [5.74, 6) is 1.44. The highest BCUT2D eigenvalue weighted by Gasteiger charge is 2.16. The van der Waals surface area contributed by atoms with Crippen LogP contribution in [0.4, 0.5) is 5.69 Å². The second kappa shape index (κ2) is 12.1. The number of aromatic nitrogens is 3. The van der Waals surface area contributed by atoms with Crippen LogP contribution in [0, 0.1) is 0 Å². The van der Waals surface area contributed by atoms with Gasteiger partial charge >= 0.3 is 0 Å². The molecule has 0 saturated carbocycles. The first-order valence-electron chi connectivity index (χ1n) is 10.9. The van der Waals surface area contributed by atoms with Crippen LogP contribution in [0.5, 0.6) is 11.5 Å². The molecule has 0 aliphatic rings. The molecule has 2 amide bonds. The van der Waals surface area contributed by atoms with Gasteiger partial charge in [0.1, 0.15) is 0 Å². The average molecular weight is 484 g/mol. The van der Waals surface area contributed by atoms with Crippen LogP contribution in [-0.4, -0.2) is 46.6 Å². The van der Waals surface area contributed by atoms with Crippen LogP contribution in [0.1, 0.15) is 35.6 Å². The second-order valence-electron chi connectivity index (χ2n) is 7.28. The van der Waals surface area contributed by atoms with E-state index in [0.29, 0.717) is 34.6 Å². The zero-order valence-electron chi connectivity index (χ0n) is 19.8. The number of carbonyl (C=O) groups excluding carboxylic acids is 2. The number of amides is 2. The Morgan fingerprint density at radius 3 is 2.38 bits per heavy atom. The van der Waals surface area contributed by atoms with Crippen molar-refractivity contribution in [1.29, 1.82) is 0 Å². The lowest BCUT2D eigenvalue weighted by Gasteiger charge is -2.11. The number of thioether (sulfide) groups is 1. The number of anilines is 1. The van der Waals surface area contributed by atoms with Crippen LogP contribution in [0.15, 0.2) is 47.6 Å². The molecule has 2 aromatic carbocycles.